The first-order chi connectivity index (χ1) is 8.79. The summed E-state index contributed by atoms with van der Waals surface area (Å²) in [7, 11) is 0. The summed E-state index contributed by atoms with van der Waals surface area (Å²) in [5.74, 6) is 2.42. The van der Waals surface area contributed by atoms with Gasteiger partial charge in [-0.15, -0.1) is 11.8 Å². The Kier molecular flexibility index (Phi) is 5.16. The number of aliphatic hydroxyl groups is 1. The zero-order chi connectivity index (χ0) is 12.8. The van der Waals surface area contributed by atoms with Crippen molar-refractivity contribution in [1.29, 1.82) is 0 Å². The molecule has 0 radical (unpaired) electrons. The van der Waals surface area contributed by atoms with Crippen LogP contribution in [0.2, 0.25) is 0 Å². The fourth-order valence-corrected chi connectivity index (χ4v) is 2.61. The minimum atomic E-state index is 0.0241. The van der Waals surface area contributed by atoms with Gasteiger partial charge in [-0.2, -0.15) is 0 Å². The molecule has 0 aromatic heterocycles. The summed E-state index contributed by atoms with van der Waals surface area (Å²) >= 11 is 1.68. The van der Waals surface area contributed by atoms with Crippen LogP contribution in [0.4, 0.5) is 0 Å². The number of hydrogen-bond acceptors (Lipinski definition) is 5. The van der Waals surface area contributed by atoms with Gasteiger partial charge in [0.1, 0.15) is 0 Å². The number of thioether (sulfide) groups is 1. The summed E-state index contributed by atoms with van der Waals surface area (Å²) in [5.41, 5.74) is 5.86. The second kappa shape index (κ2) is 6.87. The van der Waals surface area contributed by atoms with Crippen LogP contribution >= 0.6 is 11.8 Å². The highest BCUT2D eigenvalue weighted by atomic mass is 32.2. The van der Waals surface area contributed by atoms with Crippen molar-refractivity contribution in [2.24, 2.45) is 5.73 Å². The number of fused-ring (bicyclic) bond motifs is 1. The van der Waals surface area contributed by atoms with Crippen LogP contribution < -0.4 is 15.2 Å². The highest BCUT2D eigenvalue weighted by Gasteiger charge is 2.11. The van der Waals surface area contributed by atoms with Crippen LogP contribution in [0.5, 0.6) is 11.5 Å². The summed E-state index contributed by atoms with van der Waals surface area (Å²) in [6.45, 7) is 1.55. The van der Waals surface area contributed by atoms with Gasteiger partial charge < -0.3 is 20.3 Å². The fraction of sp³-hybridized carbons (Fsp3) is 0.538. The molecule has 0 saturated heterocycles. The third kappa shape index (κ3) is 3.80. The van der Waals surface area contributed by atoms with Gasteiger partial charge in [-0.25, -0.2) is 0 Å². The summed E-state index contributed by atoms with van der Waals surface area (Å²) in [5, 5.41) is 8.80. The Morgan fingerprint density at radius 2 is 2.06 bits per heavy atom. The van der Waals surface area contributed by atoms with Crippen molar-refractivity contribution in [3.63, 3.8) is 0 Å². The summed E-state index contributed by atoms with van der Waals surface area (Å²) in [4.78, 5) is 1.12. The van der Waals surface area contributed by atoms with Crippen LogP contribution in [0.1, 0.15) is 12.8 Å². The molecule has 18 heavy (non-hydrogen) atoms. The zero-order valence-electron chi connectivity index (χ0n) is 10.3. The monoisotopic (exact) mass is 269 g/mol. The minimum Gasteiger partial charge on any atom is -0.490 e. The Bertz CT molecular complexity index is 386. The normalized spacial score (nSPS) is 16.1. The van der Waals surface area contributed by atoms with Crippen LogP contribution in [0.25, 0.3) is 0 Å². The van der Waals surface area contributed by atoms with E-state index in [-0.39, 0.29) is 12.6 Å². The average Bonchev–Trinajstić information content (AvgIpc) is 2.61. The highest BCUT2D eigenvalue weighted by molar-refractivity contribution is 7.99. The van der Waals surface area contributed by atoms with Crippen molar-refractivity contribution in [3.05, 3.63) is 18.2 Å². The van der Waals surface area contributed by atoms with E-state index in [9.17, 15) is 0 Å². The Morgan fingerprint density at radius 1 is 1.28 bits per heavy atom. The number of rotatable bonds is 5. The molecule has 0 spiro atoms. The average molecular weight is 269 g/mol. The van der Waals surface area contributed by atoms with Gasteiger partial charge in [-0.1, -0.05) is 0 Å². The number of nitrogens with two attached hydrogens (primary N) is 1. The van der Waals surface area contributed by atoms with Crippen molar-refractivity contribution in [3.8, 4) is 11.5 Å². The molecular formula is C13H19NO3S. The standard InChI is InChI=1S/C13H19NO3S/c14-10(4-5-15)9-18-11-2-3-12-13(8-11)17-7-1-6-16-12/h2-3,8,10,15H,1,4-7,9,14H2. The maximum Gasteiger partial charge on any atom is 0.162 e. The molecule has 5 heteroatoms. The van der Waals surface area contributed by atoms with Gasteiger partial charge in [-0.05, 0) is 24.6 Å². The lowest BCUT2D eigenvalue weighted by molar-refractivity contribution is 0.279. The number of hydrogen-bond donors (Lipinski definition) is 2. The molecule has 2 rings (SSSR count). The first kappa shape index (κ1) is 13.5. The van der Waals surface area contributed by atoms with E-state index in [0.717, 1.165) is 28.6 Å². The maximum absolute atomic E-state index is 8.80. The first-order valence-electron chi connectivity index (χ1n) is 6.18. The molecule has 0 fully saturated rings. The molecule has 0 saturated carbocycles. The van der Waals surface area contributed by atoms with E-state index in [0.29, 0.717) is 19.6 Å². The fourth-order valence-electron chi connectivity index (χ4n) is 1.69. The Balaban J connectivity index is 1.95. The van der Waals surface area contributed by atoms with Gasteiger partial charge in [0.2, 0.25) is 0 Å². The predicted octanol–water partition coefficient (Wildman–Crippen LogP) is 1.65. The van der Waals surface area contributed by atoms with Gasteiger partial charge in [-0.3, -0.25) is 0 Å². The van der Waals surface area contributed by atoms with Crippen LogP contribution in [0, 0.1) is 0 Å². The second-order valence-electron chi connectivity index (χ2n) is 4.24. The van der Waals surface area contributed by atoms with Gasteiger partial charge >= 0.3 is 0 Å². The van der Waals surface area contributed by atoms with E-state index < -0.39 is 0 Å². The van der Waals surface area contributed by atoms with E-state index in [1.54, 1.807) is 11.8 Å². The van der Waals surface area contributed by atoms with Crippen LogP contribution in [-0.4, -0.2) is 36.7 Å². The summed E-state index contributed by atoms with van der Waals surface area (Å²) < 4.78 is 11.2. The van der Waals surface area contributed by atoms with E-state index in [1.807, 2.05) is 18.2 Å². The third-order valence-electron chi connectivity index (χ3n) is 2.68. The molecule has 4 nitrogen and oxygen atoms in total. The third-order valence-corrected chi connectivity index (χ3v) is 3.87. The van der Waals surface area contributed by atoms with Gasteiger partial charge in [0.25, 0.3) is 0 Å². The van der Waals surface area contributed by atoms with Gasteiger partial charge in [0.05, 0.1) is 13.2 Å². The van der Waals surface area contributed by atoms with E-state index >= 15 is 0 Å². The molecule has 100 valence electrons. The van der Waals surface area contributed by atoms with Crippen molar-refractivity contribution >= 4 is 11.8 Å². The SMILES string of the molecule is NC(CCO)CSc1ccc2c(c1)OCCCO2. The molecular weight excluding hydrogens is 250 g/mol. The Hall–Kier alpha value is -0.910. The molecule has 3 N–H and O–H groups in total. The molecule has 1 unspecified atom stereocenters. The molecule has 0 amide bonds. The molecule has 1 aliphatic rings. The van der Waals surface area contributed by atoms with Crippen molar-refractivity contribution in [2.45, 2.75) is 23.8 Å². The molecule has 1 aliphatic heterocycles. The van der Waals surface area contributed by atoms with Crippen molar-refractivity contribution < 1.29 is 14.6 Å². The Morgan fingerprint density at radius 3 is 2.83 bits per heavy atom. The van der Waals surface area contributed by atoms with Crippen LogP contribution in [0.3, 0.4) is 0 Å². The zero-order valence-corrected chi connectivity index (χ0v) is 11.1. The maximum atomic E-state index is 8.80. The van der Waals surface area contributed by atoms with Gasteiger partial charge in [0, 0.05) is 29.7 Å². The smallest absolute Gasteiger partial charge is 0.162 e. The predicted molar refractivity (Wildman–Crippen MR) is 72.5 cm³/mol. The molecule has 1 aromatic carbocycles. The first-order valence-corrected chi connectivity index (χ1v) is 7.17. The number of aliphatic hydroxyl groups excluding tert-OH is 1. The minimum absolute atomic E-state index is 0.0241. The van der Waals surface area contributed by atoms with Crippen molar-refractivity contribution in [2.75, 3.05) is 25.6 Å². The number of benzene rings is 1. The molecule has 1 heterocycles. The Labute approximate surface area is 111 Å². The molecule has 1 aromatic rings. The lowest BCUT2D eigenvalue weighted by Crippen LogP contribution is -2.23. The lowest BCUT2D eigenvalue weighted by Gasteiger charge is -2.11. The van der Waals surface area contributed by atoms with E-state index in [1.165, 1.54) is 0 Å². The summed E-state index contributed by atoms with van der Waals surface area (Å²) in [6, 6.07) is 5.98. The second-order valence-corrected chi connectivity index (χ2v) is 5.34. The lowest BCUT2D eigenvalue weighted by atomic mass is 10.3. The largest absolute Gasteiger partial charge is 0.490 e. The van der Waals surface area contributed by atoms with Crippen LogP contribution in [0.15, 0.2) is 23.1 Å². The quantitative estimate of drug-likeness (QED) is 0.796. The van der Waals surface area contributed by atoms with Gasteiger partial charge in [0.15, 0.2) is 11.5 Å². The van der Waals surface area contributed by atoms with E-state index in [2.05, 4.69) is 0 Å². The summed E-state index contributed by atoms with van der Waals surface area (Å²) in [6.07, 6.45) is 1.55. The topological polar surface area (TPSA) is 64.7 Å². The molecule has 0 bridgehead atoms. The van der Waals surface area contributed by atoms with E-state index in [4.69, 9.17) is 20.3 Å². The molecule has 0 aliphatic carbocycles. The number of ether oxygens (including phenoxy) is 2. The van der Waals surface area contributed by atoms with Crippen molar-refractivity contribution in [1.82, 2.24) is 0 Å². The van der Waals surface area contributed by atoms with Crippen LogP contribution in [-0.2, 0) is 0 Å². The highest BCUT2D eigenvalue weighted by Crippen LogP contribution is 2.33. The molecule has 1 atom stereocenters.